The summed E-state index contributed by atoms with van der Waals surface area (Å²) in [7, 11) is 3.78. The minimum absolute atomic E-state index is 0.705. The summed E-state index contributed by atoms with van der Waals surface area (Å²) in [6.07, 6.45) is 0. The largest absolute Gasteiger partial charge is 0.383 e. The van der Waals surface area contributed by atoms with Crippen LogP contribution in [0.1, 0.15) is 23.6 Å². The Morgan fingerprint density at radius 2 is 1.81 bits per heavy atom. The average Bonchev–Trinajstić information content (AvgIpc) is 2.92. The van der Waals surface area contributed by atoms with E-state index in [0.29, 0.717) is 6.61 Å². The van der Waals surface area contributed by atoms with E-state index in [2.05, 4.69) is 62.9 Å². The number of nitrogens with zero attached hydrogens (tertiary/aromatic N) is 3. The number of anilines is 1. The van der Waals surface area contributed by atoms with Crippen molar-refractivity contribution in [2.75, 3.05) is 31.7 Å². The quantitative estimate of drug-likeness (QED) is 0.648. The van der Waals surface area contributed by atoms with Crippen LogP contribution in [-0.2, 0) is 11.8 Å². The highest BCUT2D eigenvalue weighted by Crippen LogP contribution is 2.36. The van der Waals surface area contributed by atoms with E-state index in [1.807, 2.05) is 11.7 Å². The Morgan fingerprint density at radius 3 is 2.42 bits per heavy atom. The first kappa shape index (κ1) is 18.5. The number of ether oxygens (including phenoxy) is 1. The van der Waals surface area contributed by atoms with Gasteiger partial charge in [0.2, 0.25) is 0 Å². The first-order valence-electron chi connectivity index (χ1n) is 9.25. The summed E-state index contributed by atoms with van der Waals surface area (Å²) in [5, 5.41) is 6.10. The van der Waals surface area contributed by atoms with Crippen LogP contribution in [0.25, 0.3) is 22.0 Å². The number of methoxy groups -OCH3 is 1. The molecule has 138 valence electrons. The molecule has 0 spiro atoms. The van der Waals surface area contributed by atoms with Gasteiger partial charge in [-0.3, -0.25) is 4.68 Å². The van der Waals surface area contributed by atoms with Crippen molar-refractivity contribution >= 4 is 16.7 Å². The predicted octanol–water partition coefficient (Wildman–Crippen LogP) is 4.64. The van der Waals surface area contributed by atoms with Crippen LogP contribution in [-0.4, -0.2) is 36.6 Å². The lowest BCUT2D eigenvalue weighted by Gasteiger charge is -2.22. The van der Waals surface area contributed by atoms with Crippen molar-refractivity contribution < 1.29 is 4.74 Å². The van der Waals surface area contributed by atoms with Crippen molar-refractivity contribution in [1.82, 2.24) is 9.78 Å². The normalized spacial score (nSPS) is 11.3. The van der Waals surface area contributed by atoms with E-state index < -0.39 is 0 Å². The molecule has 0 saturated heterocycles. The zero-order valence-electron chi connectivity index (χ0n) is 16.8. The second-order valence-electron chi connectivity index (χ2n) is 7.00. The van der Waals surface area contributed by atoms with Gasteiger partial charge in [-0.05, 0) is 50.5 Å². The standard InChI is InChI=1S/C22H29N3O/c1-7-25(11-12-26-6)22-19-10-8-9-18(21(19)23-24(22)5)20-16(3)13-15(2)14-17(20)4/h8-10,13-14H,7,11-12H2,1-6H3. The fraction of sp³-hybridized carbons (Fsp3) is 0.409. The summed E-state index contributed by atoms with van der Waals surface area (Å²) in [4.78, 5) is 2.33. The third-order valence-corrected chi connectivity index (χ3v) is 5.03. The van der Waals surface area contributed by atoms with Crippen molar-refractivity contribution in [3.8, 4) is 11.1 Å². The molecule has 2 aromatic carbocycles. The molecule has 0 amide bonds. The van der Waals surface area contributed by atoms with Crippen molar-refractivity contribution in [2.24, 2.45) is 7.05 Å². The highest BCUT2D eigenvalue weighted by Gasteiger charge is 2.19. The van der Waals surface area contributed by atoms with Gasteiger partial charge >= 0.3 is 0 Å². The molecule has 0 aliphatic rings. The van der Waals surface area contributed by atoms with Crippen molar-refractivity contribution in [2.45, 2.75) is 27.7 Å². The molecule has 0 saturated carbocycles. The molecule has 0 aliphatic carbocycles. The maximum absolute atomic E-state index is 5.29. The summed E-state index contributed by atoms with van der Waals surface area (Å²) >= 11 is 0. The summed E-state index contributed by atoms with van der Waals surface area (Å²) in [6, 6.07) is 11.0. The summed E-state index contributed by atoms with van der Waals surface area (Å²) in [5.74, 6) is 1.16. The third-order valence-electron chi connectivity index (χ3n) is 5.03. The van der Waals surface area contributed by atoms with Gasteiger partial charge in [0.1, 0.15) is 11.3 Å². The lowest BCUT2D eigenvalue weighted by molar-refractivity contribution is 0.205. The van der Waals surface area contributed by atoms with Gasteiger partial charge in [0.15, 0.2) is 0 Å². The zero-order valence-corrected chi connectivity index (χ0v) is 16.8. The maximum Gasteiger partial charge on any atom is 0.134 e. The fourth-order valence-corrected chi connectivity index (χ4v) is 4.00. The van der Waals surface area contributed by atoms with Gasteiger partial charge in [0.05, 0.1) is 6.61 Å². The van der Waals surface area contributed by atoms with Crippen LogP contribution in [0.3, 0.4) is 0 Å². The number of hydrogen-bond acceptors (Lipinski definition) is 3. The molecule has 26 heavy (non-hydrogen) atoms. The smallest absolute Gasteiger partial charge is 0.134 e. The lowest BCUT2D eigenvalue weighted by Crippen LogP contribution is -2.28. The molecule has 0 radical (unpaired) electrons. The molecule has 4 heteroatoms. The second kappa shape index (κ2) is 7.50. The minimum atomic E-state index is 0.705. The van der Waals surface area contributed by atoms with Crippen molar-refractivity contribution in [1.29, 1.82) is 0 Å². The van der Waals surface area contributed by atoms with Crippen molar-refractivity contribution in [3.05, 3.63) is 47.0 Å². The molecule has 0 unspecified atom stereocenters. The van der Waals surface area contributed by atoms with E-state index >= 15 is 0 Å². The van der Waals surface area contributed by atoms with E-state index in [1.165, 1.54) is 33.2 Å². The van der Waals surface area contributed by atoms with Crippen LogP contribution in [0.5, 0.6) is 0 Å². The van der Waals surface area contributed by atoms with Crippen molar-refractivity contribution in [3.63, 3.8) is 0 Å². The number of benzene rings is 2. The predicted molar refractivity (Wildman–Crippen MR) is 110 cm³/mol. The van der Waals surface area contributed by atoms with E-state index in [1.54, 1.807) is 7.11 Å². The molecular formula is C22H29N3O. The summed E-state index contributed by atoms with van der Waals surface area (Å²) < 4.78 is 7.29. The highest BCUT2D eigenvalue weighted by molar-refractivity contribution is 6.01. The SMILES string of the molecule is CCN(CCOC)c1c2cccc(-c3c(C)cc(C)cc3C)c2nn1C. The number of aryl methyl sites for hydroxylation is 4. The van der Waals surface area contributed by atoms with Crippen LogP contribution in [0.4, 0.5) is 5.82 Å². The van der Waals surface area contributed by atoms with Gasteiger partial charge < -0.3 is 9.64 Å². The average molecular weight is 351 g/mol. The monoisotopic (exact) mass is 351 g/mol. The number of aromatic nitrogens is 2. The first-order valence-corrected chi connectivity index (χ1v) is 9.25. The van der Waals surface area contributed by atoms with Gasteiger partial charge in [-0.15, -0.1) is 0 Å². The van der Waals surface area contributed by atoms with E-state index in [-0.39, 0.29) is 0 Å². The Balaban J connectivity index is 2.21. The maximum atomic E-state index is 5.29. The Kier molecular flexibility index (Phi) is 5.33. The minimum Gasteiger partial charge on any atom is -0.383 e. The molecule has 4 nitrogen and oxygen atoms in total. The molecule has 1 heterocycles. The fourth-order valence-electron chi connectivity index (χ4n) is 4.00. The van der Waals surface area contributed by atoms with Crippen LogP contribution in [0.15, 0.2) is 30.3 Å². The van der Waals surface area contributed by atoms with Gasteiger partial charge in [0, 0.05) is 38.2 Å². The third kappa shape index (κ3) is 3.21. The molecule has 0 atom stereocenters. The van der Waals surface area contributed by atoms with E-state index in [4.69, 9.17) is 9.84 Å². The molecule has 3 aromatic rings. The zero-order chi connectivity index (χ0) is 18.8. The van der Waals surface area contributed by atoms with Crippen LogP contribution < -0.4 is 4.90 Å². The second-order valence-corrected chi connectivity index (χ2v) is 7.00. The Bertz CT molecular complexity index is 904. The number of fused-ring (bicyclic) bond motifs is 1. The van der Waals surface area contributed by atoms with Crippen LogP contribution in [0.2, 0.25) is 0 Å². The molecule has 0 bridgehead atoms. The van der Waals surface area contributed by atoms with Gasteiger partial charge in [-0.2, -0.15) is 5.10 Å². The molecule has 0 N–H and O–H groups in total. The van der Waals surface area contributed by atoms with Gasteiger partial charge in [-0.25, -0.2) is 0 Å². The van der Waals surface area contributed by atoms with Gasteiger partial charge in [0.25, 0.3) is 0 Å². The lowest BCUT2D eigenvalue weighted by atomic mass is 9.92. The van der Waals surface area contributed by atoms with E-state index in [0.717, 1.165) is 24.4 Å². The molecule has 0 fully saturated rings. The number of rotatable bonds is 6. The first-order chi connectivity index (χ1) is 12.5. The van der Waals surface area contributed by atoms with E-state index in [9.17, 15) is 0 Å². The summed E-state index contributed by atoms with van der Waals surface area (Å²) in [6.45, 7) is 11.2. The molecular weight excluding hydrogens is 322 g/mol. The molecule has 3 rings (SSSR count). The van der Waals surface area contributed by atoms with Gasteiger partial charge in [-0.1, -0.05) is 29.8 Å². The number of likely N-dealkylation sites (N-methyl/N-ethyl adjacent to an activating group) is 1. The highest BCUT2D eigenvalue weighted by atomic mass is 16.5. The summed E-state index contributed by atoms with van der Waals surface area (Å²) in [5.41, 5.74) is 7.47. The van der Waals surface area contributed by atoms with Crippen LogP contribution in [0, 0.1) is 20.8 Å². The number of hydrogen-bond donors (Lipinski definition) is 0. The molecule has 0 aliphatic heterocycles. The Morgan fingerprint density at radius 1 is 1.12 bits per heavy atom. The molecule has 1 aromatic heterocycles. The topological polar surface area (TPSA) is 30.3 Å². The Labute approximate surface area is 156 Å². The van der Waals surface area contributed by atoms with Crippen LogP contribution >= 0.6 is 0 Å². The Hall–Kier alpha value is -2.33.